The van der Waals surface area contributed by atoms with Gasteiger partial charge in [0.1, 0.15) is 5.75 Å². The van der Waals surface area contributed by atoms with E-state index in [1.54, 1.807) is 7.11 Å². The maximum atomic E-state index is 5.58. The average molecular weight is 286 g/mol. The Morgan fingerprint density at radius 3 is 3.00 bits per heavy atom. The molecule has 1 heterocycles. The summed E-state index contributed by atoms with van der Waals surface area (Å²) in [6.07, 6.45) is 0.943. The van der Waals surface area contributed by atoms with Crippen molar-refractivity contribution in [3.63, 3.8) is 0 Å². The van der Waals surface area contributed by atoms with E-state index in [2.05, 4.69) is 27.3 Å². The van der Waals surface area contributed by atoms with Crippen LogP contribution in [0.2, 0.25) is 0 Å². The van der Waals surface area contributed by atoms with Gasteiger partial charge in [-0.1, -0.05) is 15.9 Å². The molecule has 0 saturated carbocycles. The molecule has 0 radical (unpaired) electrons. The van der Waals surface area contributed by atoms with Gasteiger partial charge in [-0.2, -0.15) is 0 Å². The third-order valence-corrected chi connectivity index (χ3v) is 3.65. The lowest BCUT2D eigenvalue weighted by Crippen LogP contribution is -2.21. The van der Waals surface area contributed by atoms with E-state index < -0.39 is 0 Å². The first kappa shape index (κ1) is 11.9. The molecule has 88 valence electrons. The average Bonchev–Trinajstić information content (AvgIpc) is 2.51. The summed E-state index contributed by atoms with van der Waals surface area (Å²) in [7, 11) is 3.65. The van der Waals surface area contributed by atoms with Crippen LogP contribution in [0.1, 0.15) is 17.2 Å². The third-order valence-electron chi connectivity index (χ3n) is 2.94. The molecule has 1 aromatic rings. The minimum Gasteiger partial charge on any atom is -0.497 e. The van der Waals surface area contributed by atoms with Crippen LogP contribution in [0.15, 0.2) is 16.6 Å². The molecule has 1 N–H and O–H groups in total. The van der Waals surface area contributed by atoms with Crippen molar-refractivity contribution in [2.75, 3.05) is 27.4 Å². The molecule has 4 heteroatoms. The van der Waals surface area contributed by atoms with Gasteiger partial charge in [-0.15, -0.1) is 0 Å². The molecule has 0 aromatic heterocycles. The predicted octanol–water partition coefficient (Wildman–Crippen LogP) is 2.29. The van der Waals surface area contributed by atoms with E-state index >= 15 is 0 Å². The second-order valence-corrected chi connectivity index (χ2v) is 4.70. The summed E-state index contributed by atoms with van der Waals surface area (Å²) in [6.45, 7) is 1.49. The molecule has 2 rings (SSSR count). The molecule has 1 atom stereocenters. The van der Waals surface area contributed by atoms with Gasteiger partial charge in [-0.05, 0) is 36.7 Å². The van der Waals surface area contributed by atoms with Gasteiger partial charge in [0.25, 0.3) is 0 Å². The highest BCUT2D eigenvalue weighted by atomic mass is 79.9. The van der Waals surface area contributed by atoms with Gasteiger partial charge in [-0.25, -0.2) is 0 Å². The number of methoxy groups -OCH3 is 1. The number of halogens is 1. The minimum atomic E-state index is 0.240. The molecule has 1 unspecified atom stereocenters. The molecule has 0 spiro atoms. The van der Waals surface area contributed by atoms with Crippen LogP contribution < -0.4 is 10.1 Å². The molecule has 16 heavy (non-hydrogen) atoms. The summed E-state index contributed by atoms with van der Waals surface area (Å²) < 4.78 is 12.0. The minimum absolute atomic E-state index is 0.240. The summed E-state index contributed by atoms with van der Waals surface area (Å²) in [5.41, 5.74) is 2.59. The number of hydrogen-bond acceptors (Lipinski definition) is 3. The van der Waals surface area contributed by atoms with Crippen LogP contribution in [-0.2, 0) is 11.2 Å². The molecule has 0 saturated heterocycles. The molecule has 0 aliphatic carbocycles. The second-order valence-electron chi connectivity index (χ2n) is 3.84. The fourth-order valence-corrected chi connectivity index (χ4v) is 2.68. The van der Waals surface area contributed by atoms with E-state index in [1.807, 2.05) is 13.1 Å². The van der Waals surface area contributed by atoms with E-state index in [1.165, 1.54) is 11.1 Å². The topological polar surface area (TPSA) is 30.5 Å². The number of benzene rings is 1. The first-order valence-corrected chi connectivity index (χ1v) is 6.17. The Labute approximate surface area is 104 Å². The summed E-state index contributed by atoms with van der Waals surface area (Å²) >= 11 is 3.60. The van der Waals surface area contributed by atoms with Crippen LogP contribution in [0.4, 0.5) is 0 Å². The number of ether oxygens (including phenoxy) is 2. The van der Waals surface area contributed by atoms with Crippen molar-refractivity contribution in [1.82, 2.24) is 5.32 Å². The maximum absolute atomic E-state index is 5.58. The summed E-state index contributed by atoms with van der Waals surface area (Å²) in [6, 6.07) is 4.34. The van der Waals surface area contributed by atoms with Crippen molar-refractivity contribution in [3.05, 3.63) is 27.7 Å². The Balaban J connectivity index is 2.49. The normalized spacial score (nSPS) is 20.1. The number of hydrogen-bond donors (Lipinski definition) is 1. The van der Waals surface area contributed by atoms with Gasteiger partial charge in [0, 0.05) is 4.47 Å². The Morgan fingerprint density at radius 2 is 2.31 bits per heavy atom. The highest BCUT2D eigenvalue weighted by molar-refractivity contribution is 9.10. The van der Waals surface area contributed by atoms with Crippen LogP contribution >= 0.6 is 15.9 Å². The van der Waals surface area contributed by atoms with Crippen molar-refractivity contribution in [1.29, 1.82) is 0 Å². The fourth-order valence-electron chi connectivity index (χ4n) is 2.03. The predicted molar refractivity (Wildman–Crippen MR) is 67.0 cm³/mol. The van der Waals surface area contributed by atoms with Crippen LogP contribution in [0.3, 0.4) is 0 Å². The van der Waals surface area contributed by atoms with E-state index in [4.69, 9.17) is 9.47 Å². The Kier molecular flexibility index (Phi) is 3.84. The van der Waals surface area contributed by atoms with Crippen molar-refractivity contribution < 1.29 is 9.47 Å². The summed E-state index contributed by atoms with van der Waals surface area (Å²) in [5, 5.41) is 3.28. The van der Waals surface area contributed by atoms with Gasteiger partial charge in [0.15, 0.2) is 0 Å². The first-order valence-electron chi connectivity index (χ1n) is 5.37. The lowest BCUT2D eigenvalue weighted by Gasteiger charge is -2.18. The smallest absolute Gasteiger partial charge is 0.120 e. The standard InChI is InChI=1S/C12H16BrNO2/c1-14-12-7-16-4-3-9-10(12)5-8(15-2)6-11(9)13/h5-6,12,14H,3-4,7H2,1-2H3. The van der Waals surface area contributed by atoms with Gasteiger partial charge < -0.3 is 14.8 Å². The van der Waals surface area contributed by atoms with Crippen molar-refractivity contribution in [3.8, 4) is 5.75 Å². The highest BCUT2D eigenvalue weighted by Gasteiger charge is 2.20. The fraction of sp³-hybridized carbons (Fsp3) is 0.500. The molecule has 1 aliphatic heterocycles. The Bertz CT molecular complexity index is 382. The molecule has 1 aliphatic rings. The Morgan fingerprint density at radius 1 is 1.50 bits per heavy atom. The SMILES string of the molecule is CNC1COCCc2c(Br)cc(OC)cc21. The second kappa shape index (κ2) is 5.17. The van der Waals surface area contributed by atoms with Gasteiger partial charge in [-0.3, -0.25) is 0 Å². The molecular weight excluding hydrogens is 270 g/mol. The van der Waals surface area contributed by atoms with Crippen molar-refractivity contribution >= 4 is 15.9 Å². The molecular formula is C12H16BrNO2. The number of rotatable bonds is 2. The zero-order valence-corrected chi connectivity index (χ0v) is 11.1. The number of likely N-dealkylation sites (N-methyl/N-ethyl adjacent to an activating group) is 1. The molecule has 0 fully saturated rings. The van der Waals surface area contributed by atoms with Gasteiger partial charge in [0.05, 0.1) is 26.4 Å². The van der Waals surface area contributed by atoms with Gasteiger partial charge >= 0.3 is 0 Å². The summed E-state index contributed by atoms with van der Waals surface area (Å²) in [5.74, 6) is 0.882. The number of fused-ring (bicyclic) bond motifs is 1. The first-order chi connectivity index (χ1) is 7.76. The monoisotopic (exact) mass is 285 g/mol. The van der Waals surface area contributed by atoms with Crippen LogP contribution in [0.25, 0.3) is 0 Å². The van der Waals surface area contributed by atoms with E-state index in [0.29, 0.717) is 6.61 Å². The molecule has 1 aromatic carbocycles. The third kappa shape index (κ3) is 2.24. The lowest BCUT2D eigenvalue weighted by atomic mass is 9.99. The lowest BCUT2D eigenvalue weighted by molar-refractivity contribution is 0.123. The molecule has 3 nitrogen and oxygen atoms in total. The van der Waals surface area contributed by atoms with Crippen LogP contribution in [0.5, 0.6) is 5.75 Å². The summed E-state index contributed by atoms with van der Waals surface area (Å²) in [4.78, 5) is 0. The van der Waals surface area contributed by atoms with Gasteiger partial charge in [0.2, 0.25) is 0 Å². The molecule has 0 amide bonds. The molecule has 0 bridgehead atoms. The van der Waals surface area contributed by atoms with E-state index in [9.17, 15) is 0 Å². The Hall–Kier alpha value is -0.580. The van der Waals surface area contributed by atoms with E-state index in [0.717, 1.165) is 23.2 Å². The quantitative estimate of drug-likeness (QED) is 0.905. The zero-order chi connectivity index (χ0) is 11.5. The maximum Gasteiger partial charge on any atom is 0.120 e. The largest absolute Gasteiger partial charge is 0.497 e. The van der Waals surface area contributed by atoms with Crippen molar-refractivity contribution in [2.45, 2.75) is 12.5 Å². The van der Waals surface area contributed by atoms with E-state index in [-0.39, 0.29) is 6.04 Å². The van der Waals surface area contributed by atoms with Crippen LogP contribution in [-0.4, -0.2) is 27.4 Å². The number of nitrogens with one attached hydrogen (secondary N) is 1. The zero-order valence-electron chi connectivity index (χ0n) is 9.55. The van der Waals surface area contributed by atoms with Crippen LogP contribution in [0, 0.1) is 0 Å². The van der Waals surface area contributed by atoms with Crippen molar-refractivity contribution in [2.24, 2.45) is 0 Å². The highest BCUT2D eigenvalue weighted by Crippen LogP contribution is 2.32.